The van der Waals surface area contributed by atoms with Crippen molar-refractivity contribution in [2.75, 3.05) is 17.9 Å². The number of halogens is 2. The molecule has 0 aliphatic heterocycles. The number of pyridine rings is 1. The Morgan fingerprint density at radius 2 is 1.86 bits per heavy atom. The number of nitrogens with zero attached hydrogens (tertiary/aromatic N) is 3. The molecule has 0 aliphatic carbocycles. The van der Waals surface area contributed by atoms with Crippen LogP contribution in [0.1, 0.15) is 27.3 Å². The van der Waals surface area contributed by atoms with E-state index in [1.807, 2.05) is 19.1 Å². The van der Waals surface area contributed by atoms with Crippen molar-refractivity contribution < 1.29 is 18.7 Å². The summed E-state index contributed by atoms with van der Waals surface area (Å²) in [4.78, 5) is 37.4. The molecule has 0 radical (unpaired) electrons. The Labute approximate surface area is 211 Å². The van der Waals surface area contributed by atoms with Crippen LogP contribution in [0.15, 0.2) is 66.3 Å². The van der Waals surface area contributed by atoms with Crippen LogP contribution in [0.25, 0.3) is 10.4 Å². The SMILES string of the molecule is COc1ccc(CN(C(=O)CCl)c2cc(-c3scnc3C)cnc2C(=O)c2ccccc2F)cc1. The summed E-state index contributed by atoms with van der Waals surface area (Å²) in [5.41, 5.74) is 4.03. The molecule has 4 rings (SSSR count). The third kappa shape index (κ3) is 5.23. The van der Waals surface area contributed by atoms with E-state index in [9.17, 15) is 14.0 Å². The van der Waals surface area contributed by atoms with Crippen LogP contribution in [0, 0.1) is 12.7 Å². The lowest BCUT2D eigenvalue weighted by molar-refractivity contribution is -0.116. The topological polar surface area (TPSA) is 72.4 Å². The normalized spacial score (nSPS) is 10.7. The number of methoxy groups -OCH3 is 1. The van der Waals surface area contributed by atoms with E-state index >= 15 is 0 Å². The summed E-state index contributed by atoms with van der Waals surface area (Å²) in [5.74, 6) is -1.37. The Bertz CT molecular complexity index is 1370. The van der Waals surface area contributed by atoms with Gasteiger partial charge >= 0.3 is 0 Å². The number of amides is 1. The van der Waals surface area contributed by atoms with Crippen LogP contribution in [0.4, 0.5) is 10.1 Å². The van der Waals surface area contributed by atoms with Crippen molar-refractivity contribution in [3.05, 3.63) is 94.6 Å². The number of hydrogen-bond acceptors (Lipinski definition) is 6. The molecule has 2 aromatic carbocycles. The number of alkyl halides is 1. The van der Waals surface area contributed by atoms with Crippen LogP contribution in [-0.4, -0.2) is 34.6 Å². The minimum absolute atomic E-state index is 0.0482. The number of hydrogen-bond donors (Lipinski definition) is 0. The van der Waals surface area contributed by atoms with Gasteiger partial charge in [0.1, 0.15) is 23.1 Å². The molecule has 178 valence electrons. The molecule has 1 amide bonds. The number of aromatic nitrogens is 2. The molecule has 0 atom stereocenters. The Kier molecular flexibility index (Phi) is 7.53. The van der Waals surface area contributed by atoms with Crippen LogP contribution >= 0.6 is 22.9 Å². The van der Waals surface area contributed by atoms with E-state index < -0.39 is 17.5 Å². The summed E-state index contributed by atoms with van der Waals surface area (Å²) in [6, 6.07) is 14.6. The van der Waals surface area contributed by atoms with Crippen molar-refractivity contribution in [2.24, 2.45) is 0 Å². The lowest BCUT2D eigenvalue weighted by Gasteiger charge is -2.25. The molecule has 2 aromatic heterocycles. The number of carbonyl (C=O) groups excluding carboxylic acids is 2. The number of carbonyl (C=O) groups is 2. The Morgan fingerprint density at radius 3 is 2.49 bits per heavy atom. The number of ether oxygens (including phenoxy) is 1. The van der Waals surface area contributed by atoms with Gasteiger partial charge in [0.2, 0.25) is 11.7 Å². The fourth-order valence-electron chi connectivity index (χ4n) is 3.60. The van der Waals surface area contributed by atoms with Crippen molar-refractivity contribution in [2.45, 2.75) is 13.5 Å². The molecule has 4 aromatic rings. The zero-order chi connectivity index (χ0) is 24.9. The van der Waals surface area contributed by atoms with Gasteiger partial charge in [0, 0.05) is 11.8 Å². The van der Waals surface area contributed by atoms with Gasteiger partial charge in [0.05, 0.1) is 41.0 Å². The first-order valence-electron chi connectivity index (χ1n) is 10.6. The molecule has 0 unspecified atom stereocenters. The molecule has 0 aliphatic rings. The van der Waals surface area contributed by atoms with Gasteiger partial charge in [0.25, 0.3) is 0 Å². The van der Waals surface area contributed by atoms with E-state index in [1.165, 1.54) is 40.6 Å². The van der Waals surface area contributed by atoms with Gasteiger partial charge in [0.15, 0.2) is 0 Å². The third-order valence-corrected chi connectivity index (χ3v) is 6.62. The van der Waals surface area contributed by atoms with Crippen molar-refractivity contribution in [3.63, 3.8) is 0 Å². The first-order chi connectivity index (χ1) is 16.9. The van der Waals surface area contributed by atoms with Gasteiger partial charge in [-0.3, -0.25) is 9.59 Å². The highest BCUT2D eigenvalue weighted by Gasteiger charge is 2.26. The Hall–Kier alpha value is -3.62. The second-order valence-electron chi connectivity index (χ2n) is 7.63. The van der Waals surface area contributed by atoms with Gasteiger partial charge in [-0.15, -0.1) is 22.9 Å². The second kappa shape index (κ2) is 10.8. The predicted octanol–water partition coefficient (Wildman–Crippen LogP) is 5.66. The summed E-state index contributed by atoms with van der Waals surface area (Å²) in [6.45, 7) is 1.99. The Morgan fingerprint density at radius 1 is 1.11 bits per heavy atom. The van der Waals surface area contributed by atoms with E-state index in [0.717, 1.165) is 16.1 Å². The molecule has 6 nitrogen and oxygen atoms in total. The average molecular weight is 510 g/mol. The van der Waals surface area contributed by atoms with E-state index in [4.69, 9.17) is 16.3 Å². The highest BCUT2D eigenvalue weighted by atomic mass is 35.5. The largest absolute Gasteiger partial charge is 0.497 e. The summed E-state index contributed by atoms with van der Waals surface area (Å²) < 4.78 is 19.7. The van der Waals surface area contributed by atoms with Gasteiger partial charge in [-0.05, 0) is 42.8 Å². The maximum absolute atomic E-state index is 14.5. The summed E-state index contributed by atoms with van der Waals surface area (Å²) in [5, 5.41) is 0. The van der Waals surface area contributed by atoms with E-state index in [0.29, 0.717) is 11.3 Å². The highest BCUT2D eigenvalue weighted by molar-refractivity contribution is 7.13. The van der Waals surface area contributed by atoms with Crippen LogP contribution in [0.5, 0.6) is 5.75 Å². The zero-order valence-corrected chi connectivity index (χ0v) is 20.6. The number of thiazole rings is 1. The van der Waals surface area contributed by atoms with Crippen molar-refractivity contribution in [1.29, 1.82) is 0 Å². The number of rotatable bonds is 8. The number of benzene rings is 2. The molecule has 35 heavy (non-hydrogen) atoms. The number of anilines is 1. The third-order valence-electron chi connectivity index (χ3n) is 5.41. The zero-order valence-electron chi connectivity index (χ0n) is 19.0. The van der Waals surface area contributed by atoms with Gasteiger partial charge in [-0.1, -0.05) is 24.3 Å². The summed E-state index contributed by atoms with van der Waals surface area (Å²) in [7, 11) is 1.57. The van der Waals surface area contributed by atoms with E-state index in [1.54, 1.807) is 36.9 Å². The summed E-state index contributed by atoms with van der Waals surface area (Å²) >= 11 is 7.38. The Balaban J connectivity index is 1.86. The first kappa shape index (κ1) is 24.5. The van der Waals surface area contributed by atoms with Gasteiger partial charge in [-0.25, -0.2) is 14.4 Å². The molecular formula is C26H21ClFN3O3S. The predicted molar refractivity (Wildman–Crippen MR) is 135 cm³/mol. The average Bonchev–Trinajstić information content (AvgIpc) is 3.32. The second-order valence-corrected chi connectivity index (χ2v) is 8.75. The fourth-order valence-corrected chi connectivity index (χ4v) is 4.53. The molecule has 0 saturated carbocycles. The molecule has 2 heterocycles. The van der Waals surface area contributed by atoms with Crippen LogP contribution < -0.4 is 9.64 Å². The molecule has 0 bridgehead atoms. The standard InChI is InChI=1S/C26H21ClFN3O3S/c1-16-26(35-15-30-16)18-11-22(24(29-13-18)25(33)20-5-3-4-6-21(20)28)31(23(32)12-27)14-17-7-9-19(34-2)10-8-17/h3-11,13,15H,12,14H2,1-2H3. The quantitative estimate of drug-likeness (QED) is 0.226. The lowest BCUT2D eigenvalue weighted by atomic mass is 10.0. The number of ketones is 1. The number of aryl methyl sites for hydroxylation is 1. The maximum Gasteiger partial charge on any atom is 0.242 e. The lowest BCUT2D eigenvalue weighted by Crippen LogP contribution is -2.33. The van der Waals surface area contributed by atoms with E-state index in [-0.39, 0.29) is 29.4 Å². The smallest absolute Gasteiger partial charge is 0.242 e. The van der Waals surface area contributed by atoms with Crippen LogP contribution in [0.2, 0.25) is 0 Å². The first-order valence-corrected chi connectivity index (χ1v) is 12.0. The minimum Gasteiger partial charge on any atom is -0.497 e. The van der Waals surface area contributed by atoms with Crippen molar-refractivity contribution in [1.82, 2.24) is 9.97 Å². The van der Waals surface area contributed by atoms with Gasteiger partial charge < -0.3 is 9.64 Å². The summed E-state index contributed by atoms with van der Waals surface area (Å²) in [6.07, 6.45) is 1.54. The monoisotopic (exact) mass is 509 g/mol. The molecule has 0 N–H and O–H groups in total. The van der Waals surface area contributed by atoms with Crippen molar-refractivity contribution in [3.8, 4) is 16.2 Å². The molecule has 0 saturated heterocycles. The van der Waals surface area contributed by atoms with Crippen molar-refractivity contribution >= 4 is 40.3 Å². The van der Waals surface area contributed by atoms with E-state index in [2.05, 4.69) is 9.97 Å². The molecular weight excluding hydrogens is 489 g/mol. The van der Waals surface area contributed by atoms with Gasteiger partial charge in [-0.2, -0.15) is 0 Å². The maximum atomic E-state index is 14.5. The fraction of sp³-hybridized carbons (Fsp3) is 0.154. The molecule has 9 heteroatoms. The molecule has 0 fully saturated rings. The van der Waals surface area contributed by atoms with Crippen LogP contribution in [0.3, 0.4) is 0 Å². The highest BCUT2D eigenvalue weighted by Crippen LogP contribution is 2.33. The minimum atomic E-state index is -0.669. The van der Waals surface area contributed by atoms with Crippen LogP contribution in [-0.2, 0) is 11.3 Å². The molecule has 0 spiro atoms.